The van der Waals surface area contributed by atoms with Gasteiger partial charge in [-0.15, -0.1) is 0 Å². The first-order valence-corrected chi connectivity index (χ1v) is 12.3. The van der Waals surface area contributed by atoms with Crippen molar-refractivity contribution in [3.63, 3.8) is 0 Å². The van der Waals surface area contributed by atoms with E-state index < -0.39 is 23.5 Å². The lowest BCUT2D eigenvalue weighted by atomic mass is 9.94. The Bertz CT molecular complexity index is 1430. The average Bonchev–Trinajstić information content (AvgIpc) is 3.18. The summed E-state index contributed by atoms with van der Waals surface area (Å²) in [7, 11) is 2.83. The molecule has 1 unspecified atom stereocenters. The SMILES string of the molecule is CCc1ccc(C2/C(=C(\O)c3cc(OC)c(Cl)cc3OC)C(=O)C(=O)N2c2ccc(NC(C)=O)cc2)cc1. The van der Waals surface area contributed by atoms with Gasteiger partial charge in [0, 0.05) is 24.4 Å². The lowest BCUT2D eigenvalue weighted by Crippen LogP contribution is -2.29. The van der Waals surface area contributed by atoms with E-state index in [2.05, 4.69) is 5.32 Å². The van der Waals surface area contributed by atoms with E-state index in [1.54, 1.807) is 24.3 Å². The van der Waals surface area contributed by atoms with Gasteiger partial charge in [-0.2, -0.15) is 0 Å². The number of amides is 2. The number of aliphatic hydroxyl groups excluding tert-OH is 1. The molecule has 1 fully saturated rings. The monoisotopic (exact) mass is 534 g/mol. The third kappa shape index (κ3) is 4.95. The molecule has 1 saturated heterocycles. The Morgan fingerprint density at radius 3 is 2.18 bits per heavy atom. The highest BCUT2D eigenvalue weighted by atomic mass is 35.5. The van der Waals surface area contributed by atoms with Crippen molar-refractivity contribution in [2.45, 2.75) is 26.3 Å². The Morgan fingerprint density at radius 1 is 1.00 bits per heavy atom. The van der Waals surface area contributed by atoms with Crippen molar-refractivity contribution >= 4 is 46.3 Å². The summed E-state index contributed by atoms with van der Waals surface area (Å²) in [4.78, 5) is 39.7. The molecule has 3 aromatic rings. The summed E-state index contributed by atoms with van der Waals surface area (Å²) in [5.41, 5.74) is 2.73. The van der Waals surface area contributed by atoms with Crippen LogP contribution in [0.2, 0.25) is 5.02 Å². The second-order valence-corrected chi connectivity index (χ2v) is 9.09. The first-order chi connectivity index (χ1) is 18.2. The minimum Gasteiger partial charge on any atom is -0.507 e. The predicted molar refractivity (Wildman–Crippen MR) is 146 cm³/mol. The van der Waals surface area contributed by atoms with E-state index in [0.717, 1.165) is 12.0 Å². The molecule has 1 heterocycles. The van der Waals surface area contributed by atoms with E-state index >= 15 is 0 Å². The minimum absolute atomic E-state index is 0.104. The fraction of sp³-hybridized carbons (Fsp3) is 0.207. The summed E-state index contributed by atoms with van der Waals surface area (Å²) in [6, 6.07) is 16.1. The van der Waals surface area contributed by atoms with E-state index in [0.29, 0.717) is 16.9 Å². The summed E-state index contributed by atoms with van der Waals surface area (Å²) in [6.07, 6.45) is 0.812. The van der Waals surface area contributed by atoms with Crippen molar-refractivity contribution in [3.05, 3.63) is 87.9 Å². The fourth-order valence-corrected chi connectivity index (χ4v) is 4.68. The number of hydrogen-bond donors (Lipinski definition) is 2. The minimum atomic E-state index is -0.932. The van der Waals surface area contributed by atoms with E-state index in [1.807, 2.05) is 31.2 Å². The van der Waals surface area contributed by atoms with Crippen molar-refractivity contribution in [2.75, 3.05) is 24.4 Å². The molecule has 3 aromatic carbocycles. The van der Waals surface area contributed by atoms with Crippen LogP contribution in [0.3, 0.4) is 0 Å². The average molecular weight is 535 g/mol. The highest BCUT2D eigenvalue weighted by Crippen LogP contribution is 2.45. The molecule has 0 spiro atoms. The fourth-order valence-electron chi connectivity index (χ4n) is 4.45. The van der Waals surface area contributed by atoms with Crippen molar-refractivity contribution in [1.29, 1.82) is 0 Å². The second-order valence-electron chi connectivity index (χ2n) is 8.68. The molecule has 196 valence electrons. The van der Waals surface area contributed by atoms with E-state index in [-0.39, 0.29) is 33.6 Å². The molecule has 0 bridgehead atoms. The molecule has 1 aliphatic heterocycles. The molecule has 4 rings (SSSR count). The van der Waals surface area contributed by atoms with Crippen LogP contribution in [0, 0.1) is 0 Å². The van der Waals surface area contributed by atoms with Crippen LogP contribution in [0.4, 0.5) is 11.4 Å². The van der Waals surface area contributed by atoms with Gasteiger partial charge in [0.1, 0.15) is 17.3 Å². The molecule has 0 saturated carbocycles. The number of ketones is 1. The zero-order valence-corrected chi connectivity index (χ0v) is 22.1. The van der Waals surface area contributed by atoms with Gasteiger partial charge in [0.2, 0.25) is 5.91 Å². The maximum atomic E-state index is 13.5. The number of carbonyl (C=O) groups excluding carboxylic acids is 3. The normalized spacial score (nSPS) is 16.4. The van der Waals surface area contributed by atoms with Gasteiger partial charge in [0.25, 0.3) is 11.7 Å². The third-order valence-corrected chi connectivity index (χ3v) is 6.64. The van der Waals surface area contributed by atoms with Crippen LogP contribution in [-0.2, 0) is 20.8 Å². The number of ether oxygens (including phenoxy) is 2. The molecular weight excluding hydrogens is 508 g/mol. The van der Waals surface area contributed by atoms with Gasteiger partial charge < -0.3 is 19.9 Å². The van der Waals surface area contributed by atoms with Gasteiger partial charge in [-0.1, -0.05) is 42.8 Å². The quantitative estimate of drug-likeness (QED) is 0.235. The Hall–Kier alpha value is -4.30. The smallest absolute Gasteiger partial charge is 0.300 e. The van der Waals surface area contributed by atoms with E-state index in [4.69, 9.17) is 21.1 Å². The number of benzene rings is 3. The number of anilines is 2. The summed E-state index contributed by atoms with van der Waals surface area (Å²) in [6.45, 7) is 3.42. The summed E-state index contributed by atoms with van der Waals surface area (Å²) < 4.78 is 10.7. The van der Waals surface area contributed by atoms with Gasteiger partial charge in [0.05, 0.1) is 36.4 Å². The van der Waals surface area contributed by atoms with Crippen LogP contribution in [0.15, 0.2) is 66.2 Å². The largest absolute Gasteiger partial charge is 0.507 e. The Balaban J connectivity index is 1.93. The van der Waals surface area contributed by atoms with Crippen molar-refractivity contribution in [2.24, 2.45) is 0 Å². The molecule has 38 heavy (non-hydrogen) atoms. The molecule has 2 amide bonds. The maximum Gasteiger partial charge on any atom is 0.300 e. The zero-order valence-electron chi connectivity index (χ0n) is 21.4. The van der Waals surface area contributed by atoms with Crippen LogP contribution in [0.25, 0.3) is 5.76 Å². The first-order valence-electron chi connectivity index (χ1n) is 11.9. The molecule has 0 aliphatic carbocycles. The maximum absolute atomic E-state index is 13.5. The Kier molecular flexibility index (Phi) is 7.73. The van der Waals surface area contributed by atoms with E-state index in [9.17, 15) is 19.5 Å². The van der Waals surface area contributed by atoms with Crippen molar-refractivity contribution in [1.82, 2.24) is 0 Å². The molecule has 0 radical (unpaired) electrons. The highest BCUT2D eigenvalue weighted by molar-refractivity contribution is 6.51. The summed E-state index contributed by atoms with van der Waals surface area (Å²) in [5.74, 6) is -1.84. The molecule has 0 aromatic heterocycles. The third-order valence-electron chi connectivity index (χ3n) is 6.34. The van der Waals surface area contributed by atoms with Crippen LogP contribution in [0.5, 0.6) is 11.5 Å². The molecule has 2 N–H and O–H groups in total. The Morgan fingerprint density at radius 2 is 1.63 bits per heavy atom. The second kappa shape index (κ2) is 11.0. The standard InChI is InChI=1S/C29H27ClN2O6/c1-5-17-6-8-18(9-7-17)26-25(27(34)21-14-24(38-4)22(30)15-23(21)37-3)28(35)29(36)32(26)20-12-10-19(11-13-20)31-16(2)33/h6-15,26,34H,5H2,1-4H3,(H,31,33)/b27-25+. The lowest BCUT2D eigenvalue weighted by Gasteiger charge is -2.26. The van der Waals surface area contributed by atoms with Gasteiger partial charge in [0.15, 0.2) is 0 Å². The zero-order chi connectivity index (χ0) is 27.6. The van der Waals surface area contributed by atoms with Gasteiger partial charge in [-0.05, 0) is 47.9 Å². The number of hydrogen-bond acceptors (Lipinski definition) is 6. The molecule has 9 heteroatoms. The molecule has 1 aliphatic rings. The molecule has 8 nitrogen and oxygen atoms in total. The summed E-state index contributed by atoms with van der Waals surface area (Å²) >= 11 is 6.24. The Labute approximate surface area is 225 Å². The van der Waals surface area contributed by atoms with Crippen LogP contribution >= 0.6 is 11.6 Å². The predicted octanol–water partition coefficient (Wildman–Crippen LogP) is 5.50. The van der Waals surface area contributed by atoms with Crippen LogP contribution in [-0.4, -0.2) is 36.9 Å². The molecule has 1 atom stereocenters. The number of nitrogens with zero attached hydrogens (tertiary/aromatic N) is 1. The van der Waals surface area contributed by atoms with Crippen molar-refractivity contribution in [3.8, 4) is 11.5 Å². The number of aliphatic hydroxyl groups is 1. The van der Waals surface area contributed by atoms with Crippen LogP contribution < -0.4 is 19.7 Å². The number of rotatable bonds is 7. The van der Waals surface area contributed by atoms with Gasteiger partial charge >= 0.3 is 0 Å². The topological polar surface area (TPSA) is 105 Å². The van der Waals surface area contributed by atoms with Crippen molar-refractivity contribution < 1.29 is 29.0 Å². The summed E-state index contributed by atoms with van der Waals surface area (Å²) in [5, 5.41) is 14.5. The lowest BCUT2D eigenvalue weighted by molar-refractivity contribution is -0.132. The number of carbonyl (C=O) groups is 3. The highest BCUT2D eigenvalue weighted by Gasteiger charge is 2.47. The van der Waals surface area contributed by atoms with Crippen LogP contribution in [0.1, 0.15) is 36.6 Å². The number of methoxy groups -OCH3 is 2. The van der Waals surface area contributed by atoms with Gasteiger partial charge in [-0.25, -0.2) is 0 Å². The molecular formula is C29H27ClN2O6. The number of aryl methyl sites for hydroxylation is 1. The number of halogens is 1. The van der Waals surface area contributed by atoms with E-state index in [1.165, 1.54) is 38.2 Å². The van der Waals surface area contributed by atoms with Gasteiger partial charge in [-0.3, -0.25) is 19.3 Å². The first kappa shape index (κ1) is 26.8. The number of Topliss-reactive ketones (excluding diaryl/α,β-unsaturated/α-hetero) is 1. The number of nitrogens with one attached hydrogen (secondary N) is 1.